The van der Waals surface area contributed by atoms with Crippen LogP contribution < -0.4 is 21.1 Å². The average Bonchev–Trinajstić information content (AvgIpc) is 3.29. The Morgan fingerprint density at radius 1 is 0.621 bits per heavy atom. The minimum absolute atomic E-state index is 0.205. The van der Waals surface area contributed by atoms with Gasteiger partial charge in [0.1, 0.15) is 11.5 Å². The van der Waals surface area contributed by atoms with Crippen LogP contribution in [0.3, 0.4) is 0 Å². The highest BCUT2D eigenvalue weighted by Crippen LogP contribution is 2.38. The van der Waals surface area contributed by atoms with Crippen molar-refractivity contribution in [1.82, 2.24) is 4.57 Å². The fourth-order valence-electron chi connectivity index (χ4n) is 5.19. The topological polar surface area (TPSA) is 14.2 Å². The molecule has 5 aromatic rings. The first-order valence-corrected chi connectivity index (χ1v) is 10.0. The van der Waals surface area contributed by atoms with Crippen LogP contribution in [-0.4, -0.2) is 11.3 Å². The van der Waals surface area contributed by atoms with Crippen molar-refractivity contribution in [3.8, 4) is 28.4 Å². The minimum Gasteiger partial charge on any atom is -0.458 e. The smallest absolute Gasteiger partial charge is 0.255 e. The highest BCUT2D eigenvalue weighted by Gasteiger charge is 2.44. The molecule has 2 aliphatic rings. The van der Waals surface area contributed by atoms with Gasteiger partial charge in [0.2, 0.25) is 0 Å². The lowest BCUT2D eigenvalue weighted by Gasteiger charge is -2.24. The van der Waals surface area contributed by atoms with Crippen LogP contribution in [0.25, 0.3) is 27.8 Å². The molecule has 0 spiro atoms. The number of fused-ring (bicyclic) bond motifs is 7. The fourth-order valence-corrected chi connectivity index (χ4v) is 5.19. The van der Waals surface area contributed by atoms with Crippen LogP contribution in [0.1, 0.15) is 0 Å². The number of para-hydroxylation sites is 3. The fraction of sp³-hybridized carbons (Fsp3) is 0. The van der Waals surface area contributed by atoms with Gasteiger partial charge in [0.25, 0.3) is 6.71 Å². The number of rotatable bonds is 1. The van der Waals surface area contributed by atoms with Gasteiger partial charge in [-0.3, -0.25) is 0 Å². The summed E-state index contributed by atoms with van der Waals surface area (Å²) in [5, 5.41) is 1.32. The maximum Gasteiger partial charge on any atom is 0.255 e. The molecule has 7 rings (SSSR count). The van der Waals surface area contributed by atoms with E-state index in [1.807, 2.05) is 0 Å². The molecular formula is C26H16BNO. The predicted molar refractivity (Wildman–Crippen MR) is 120 cm³/mol. The van der Waals surface area contributed by atoms with E-state index in [9.17, 15) is 0 Å². The van der Waals surface area contributed by atoms with E-state index in [1.54, 1.807) is 0 Å². The van der Waals surface area contributed by atoms with Crippen LogP contribution in [0, 0.1) is 0 Å². The van der Waals surface area contributed by atoms with E-state index in [0.717, 1.165) is 11.5 Å². The van der Waals surface area contributed by atoms with Crippen LogP contribution in [0.4, 0.5) is 0 Å². The summed E-state index contributed by atoms with van der Waals surface area (Å²) in [4.78, 5) is 0. The zero-order valence-electron chi connectivity index (χ0n) is 15.7. The summed E-state index contributed by atoms with van der Waals surface area (Å²) in [6.07, 6.45) is 0. The summed E-state index contributed by atoms with van der Waals surface area (Å²) >= 11 is 0. The number of benzene rings is 4. The van der Waals surface area contributed by atoms with Crippen LogP contribution in [0.2, 0.25) is 0 Å². The molecule has 3 heteroatoms. The molecule has 0 atom stereocenters. The van der Waals surface area contributed by atoms with Crippen molar-refractivity contribution in [2.75, 3.05) is 0 Å². The first-order chi connectivity index (χ1) is 14.4. The lowest BCUT2D eigenvalue weighted by atomic mass is 9.37. The molecule has 0 unspecified atom stereocenters. The van der Waals surface area contributed by atoms with Crippen molar-refractivity contribution in [3.63, 3.8) is 0 Å². The Labute approximate surface area is 169 Å². The second kappa shape index (κ2) is 5.42. The number of nitrogens with zero attached hydrogens (tertiary/aromatic N) is 1. The van der Waals surface area contributed by atoms with E-state index in [-0.39, 0.29) is 6.71 Å². The Morgan fingerprint density at radius 2 is 1.38 bits per heavy atom. The summed E-state index contributed by atoms with van der Waals surface area (Å²) < 4.78 is 8.74. The van der Waals surface area contributed by atoms with E-state index in [4.69, 9.17) is 4.74 Å². The second-order valence-corrected chi connectivity index (χ2v) is 7.74. The second-order valence-electron chi connectivity index (χ2n) is 7.74. The first-order valence-electron chi connectivity index (χ1n) is 10.0. The molecule has 0 amide bonds. The summed E-state index contributed by atoms with van der Waals surface area (Å²) in [6.45, 7) is 0.205. The van der Waals surface area contributed by atoms with Crippen molar-refractivity contribution < 1.29 is 4.74 Å². The van der Waals surface area contributed by atoms with Gasteiger partial charge in [0, 0.05) is 11.4 Å². The highest BCUT2D eigenvalue weighted by atomic mass is 16.5. The molecule has 0 bridgehead atoms. The Balaban J connectivity index is 1.68. The van der Waals surface area contributed by atoms with E-state index in [1.165, 1.54) is 44.2 Å². The Hall–Kier alpha value is -3.72. The number of hydrogen-bond acceptors (Lipinski definition) is 1. The minimum atomic E-state index is 0.205. The van der Waals surface area contributed by atoms with Crippen LogP contribution in [0.15, 0.2) is 97.1 Å². The third kappa shape index (κ3) is 1.87. The Bertz CT molecular complexity index is 1430. The summed E-state index contributed by atoms with van der Waals surface area (Å²) in [5.41, 5.74) is 8.95. The summed E-state index contributed by atoms with van der Waals surface area (Å²) in [6, 6.07) is 34.4. The largest absolute Gasteiger partial charge is 0.458 e. The normalized spacial score (nSPS) is 13.0. The molecule has 4 aromatic carbocycles. The van der Waals surface area contributed by atoms with Gasteiger partial charge in [-0.2, -0.15) is 0 Å². The first kappa shape index (κ1) is 15.2. The van der Waals surface area contributed by atoms with Gasteiger partial charge < -0.3 is 9.30 Å². The van der Waals surface area contributed by atoms with Crippen LogP contribution >= 0.6 is 0 Å². The van der Waals surface area contributed by atoms with Crippen LogP contribution in [-0.2, 0) is 0 Å². The third-order valence-electron chi connectivity index (χ3n) is 6.28. The SMILES string of the molecule is c1ccc(-n2c3c(c4ccccc42)B2c4ccccc4Oc4cccc-3c42)cc1. The molecule has 0 fully saturated rings. The van der Waals surface area contributed by atoms with Gasteiger partial charge in [-0.25, -0.2) is 0 Å². The maximum atomic E-state index is 6.32. The maximum absolute atomic E-state index is 6.32. The molecule has 134 valence electrons. The molecule has 0 radical (unpaired) electrons. The van der Waals surface area contributed by atoms with E-state index in [0.29, 0.717) is 0 Å². The van der Waals surface area contributed by atoms with Gasteiger partial charge in [0.15, 0.2) is 0 Å². The molecule has 0 saturated carbocycles. The number of aromatic nitrogens is 1. The third-order valence-corrected chi connectivity index (χ3v) is 6.28. The molecular weight excluding hydrogens is 353 g/mol. The predicted octanol–water partition coefficient (Wildman–Crippen LogP) is 4.23. The zero-order chi connectivity index (χ0) is 18.9. The van der Waals surface area contributed by atoms with Gasteiger partial charge in [-0.05, 0) is 57.7 Å². The van der Waals surface area contributed by atoms with Crippen molar-refractivity contribution in [2.45, 2.75) is 0 Å². The molecule has 29 heavy (non-hydrogen) atoms. The lowest BCUT2D eigenvalue weighted by Crippen LogP contribution is -2.51. The number of ether oxygens (including phenoxy) is 1. The van der Waals surface area contributed by atoms with Crippen molar-refractivity contribution in [2.24, 2.45) is 0 Å². The summed E-state index contributed by atoms with van der Waals surface area (Å²) in [7, 11) is 0. The van der Waals surface area contributed by atoms with Crippen molar-refractivity contribution >= 4 is 34.0 Å². The molecule has 1 aromatic heterocycles. The quantitative estimate of drug-likeness (QED) is 0.395. The number of hydrogen-bond donors (Lipinski definition) is 0. The molecule has 0 saturated heterocycles. The van der Waals surface area contributed by atoms with E-state index >= 15 is 0 Å². The van der Waals surface area contributed by atoms with Gasteiger partial charge in [-0.15, -0.1) is 0 Å². The van der Waals surface area contributed by atoms with E-state index < -0.39 is 0 Å². The van der Waals surface area contributed by atoms with Gasteiger partial charge >= 0.3 is 0 Å². The standard InChI is InChI=1S/C26H16BNO/c1-2-9-17(10-3-1)28-21-14-6-4-11-18(21)25-26(28)19-12-8-16-23-24(19)27(25)20-13-5-7-15-22(20)29-23/h1-16H. The molecule has 2 aliphatic heterocycles. The monoisotopic (exact) mass is 369 g/mol. The lowest BCUT2D eigenvalue weighted by molar-refractivity contribution is 0.488. The molecule has 3 heterocycles. The van der Waals surface area contributed by atoms with Gasteiger partial charge in [-0.1, -0.05) is 66.7 Å². The highest BCUT2D eigenvalue weighted by molar-refractivity contribution is 7.01. The molecule has 2 nitrogen and oxygen atoms in total. The van der Waals surface area contributed by atoms with E-state index in [2.05, 4.69) is 102 Å². The van der Waals surface area contributed by atoms with Crippen molar-refractivity contribution in [1.29, 1.82) is 0 Å². The average molecular weight is 369 g/mol. The molecule has 0 aliphatic carbocycles. The summed E-state index contributed by atoms with van der Waals surface area (Å²) in [5.74, 6) is 1.94. The van der Waals surface area contributed by atoms with Crippen molar-refractivity contribution in [3.05, 3.63) is 97.1 Å². The Kier molecular flexibility index (Phi) is 2.85. The molecule has 0 N–H and O–H groups in total. The van der Waals surface area contributed by atoms with Gasteiger partial charge in [0.05, 0.1) is 5.52 Å². The van der Waals surface area contributed by atoms with Crippen LogP contribution in [0.5, 0.6) is 11.5 Å². The Morgan fingerprint density at radius 3 is 2.31 bits per heavy atom. The zero-order valence-corrected chi connectivity index (χ0v) is 15.7.